The predicted molar refractivity (Wildman–Crippen MR) is 97.8 cm³/mol. The maximum atomic E-state index is 10.1. The second-order valence-electron chi connectivity index (χ2n) is 5.16. The molecular weight excluding hydrogens is 303 g/mol. The maximum absolute atomic E-state index is 10.1. The van der Waals surface area contributed by atoms with Crippen LogP contribution < -0.4 is 9.47 Å². The maximum Gasteiger partial charge on any atom is 0.489 e. The standard InChI is InChI=1S/C19H21BO4/c1-4-9-15(14-10-6-5-7-11-14)19(20(21)22)18-16(23-2)12-8-13-17(18)24-3/h4-8,10-13,21-22H,1,9H2,2-3H3/b19-15-. The molecule has 0 aliphatic rings. The van der Waals surface area contributed by atoms with E-state index < -0.39 is 7.12 Å². The van der Waals surface area contributed by atoms with E-state index in [1.807, 2.05) is 30.3 Å². The van der Waals surface area contributed by atoms with Gasteiger partial charge in [0.15, 0.2) is 0 Å². The molecule has 0 spiro atoms. The van der Waals surface area contributed by atoms with Crippen molar-refractivity contribution >= 4 is 18.2 Å². The zero-order valence-corrected chi connectivity index (χ0v) is 13.9. The van der Waals surface area contributed by atoms with Gasteiger partial charge < -0.3 is 19.5 Å². The molecule has 2 aromatic rings. The van der Waals surface area contributed by atoms with Crippen LogP contribution in [0.4, 0.5) is 0 Å². The van der Waals surface area contributed by atoms with E-state index in [1.165, 1.54) is 14.2 Å². The third kappa shape index (κ3) is 3.70. The summed E-state index contributed by atoms with van der Waals surface area (Å²) in [6.07, 6.45) is 2.20. The van der Waals surface area contributed by atoms with E-state index in [0.29, 0.717) is 29.0 Å². The summed E-state index contributed by atoms with van der Waals surface area (Å²) in [5.41, 5.74) is 2.51. The van der Waals surface area contributed by atoms with E-state index in [1.54, 1.807) is 24.3 Å². The van der Waals surface area contributed by atoms with Gasteiger partial charge in [0.1, 0.15) is 11.5 Å². The first kappa shape index (κ1) is 17.9. The lowest BCUT2D eigenvalue weighted by atomic mass is 9.69. The lowest BCUT2D eigenvalue weighted by molar-refractivity contribution is 0.390. The van der Waals surface area contributed by atoms with Crippen molar-refractivity contribution in [2.24, 2.45) is 0 Å². The molecule has 0 fully saturated rings. The quantitative estimate of drug-likeness (QED) is 0.466. The van der Waals surface area contributed by atoms with Gasteiger partial charge in [-0.2, -0.15) is 0 Å². The van der Waals surface area contributed by atoms with E-state index in [9.17, 15) is 10.0 Å². The van der Waals surface area contributed by atoms with Crippen molar-refractivity contribution < 1.29 is 19.5 Å². The van der Waals surface area contributed by atoms with Gasteiger partial charge in [0.05, 0.1) is 19.8 Å². The average Bonchev–Trinajstić information content (AvgIpc) is 2.61. The minimum absolute atomic E-state index is 0.343. The van der Waals surface area contributed by atoms with Crippen molar-refractivity contribution in [3.05, 3.63) is 72.3 Å². The zero-order chi connectivity index (χ0) is 17.5. The molecule has 0 radical (unpaired) electrons. The molecule has 0 heterocycles. The van der Waals surface area contributed by atoms with Gasteiger partial charge in [-0.1, -0.05) is 42.5 Å². The van der Waals surface area contributed by atoms with Gasteiger partial charge in [-0.05, 0) is 29.7 Å². The summed E-state index contributed by atoms with van der Waals surface area (Å²) >= 11 is 0. The van der Waals surface area contributed by atoms with Crippen molar-refractivity contribution in [1.29, 1.82) is 0 Å². The summed E-state index contributed by atoms with van der Waals surface area (Å²) in [6.45, 7) is 3.79. The summed E-state index contributed by atoms with van der Waals surface area (Å²) < 4.78 is 10.8. The van der Waals surface area contributed by atoms with Crippen LogP contribution in [0.5, 0.6) is 11.5 Å². The summed E-state index contributed by atoms with van der Waals surface area (Å²) in [5.74, 6) is 1.02. The molecule has 2 rings (SSSR count). The van der Waals surface area contributed by atoms with Crippen LogP contribution in [0.25, 0.3) is 11.0 Å². The topological polar surface area (TPSA) is 58.9 Å². The van der Waals surface area contributed by atoms with Gasteiger partial charge in [0.25, 0.3) is 0 Å². The minimum Gasteiger partial charge on any atom is -0.496 e. The molecule has 0 aliphatic carbocycles. The number of allylic oxidation sites excluding steroid dienone is 2. The molecule has 4 nitrogen and oxygen atoms in total. The summed E-state index contributed by atoms with van der Waals surface area (Å²) in [5, 5.41) is 20.2. The fourth-order valence-corrected chi connectivity index (χ4v) is 2.72. The fraction of sp³-hybridized carbons (Fsp3) is 0.158. The van der Waals surface area contributed by atoms with E-state index in [2.05, 4.69) is 6.58 Å². The van der Waals surface area contributed by atoms with Crippen LogP contribution in [0.1, 0.15) is 17.5 Å². The lowest BCUT2D eigenvalue weighted by Crippen LogP contribution is -2.17. The first-order valence-corrected chi connectivity index (χ1v) is 7.60. The van der Waals surface area contributed by atoms with Crippen LogP contribution >= 0.6 is 0 Å². The number of hydrogen-bond acceptors (Lipinski definition) is 4. The molecule has 2 aromatic carbocycles. The van der Waals surface area contributed by atoms with E-state index >= 15 is 0 Å². The average molecular weight is 324 g/mol. The van der Waals surface area contributed by atoms with Crippen LogP contribution in [0, 0.1) is 0 Å². The molecule has 0 bridgehead atoms. The Morgan fingerprint density at radius 3 is 2.04 bits per heavy atom. The molecule has 2 N–H and O–H groups in total. The number of ether oxygens (including phenoxy) is 2. The Morgan fingerprint density at radius 1 is 1.00 bits per heavy atom. The van der Waals surface area contributed by atoms with Gasteiger partial charge in [-0.3, -0.25) is 0 Å². The zero-order valence-electron chi connectivity index (χ0n) is 13.9. The SMILES string of the molecule is C=CC/C(=C(/B(O)O)c1c(OC)cccc1OC)c1ccccc1. The van der Waals surface area contributed by atoms with Gasteiger partial charge >= 0.3 is 7.12 Å². The first-order valence-electron chi connectivity index (χ1n) is 7.60. The third-order valence-electron chi connectivity index (χ3n) is 3.75. The molecule has 0 saturated heterocycles. The van der Waals surface area contributed by atoms with Crippen molar-refractivity contribution in [2.75, 3.05) is 14.2 Å². The number of methoxy groups -OCH3 is 2. The van der Waals surface area contributed by atoms with Crippen molar-refractivity contribution in [1.82, 2.24) is 0 Å². The molecule has 0 unspecified atom stereocenters. The van der Waals surface area contributed by atoms with E-state index in [4.69, 9.17) is 9.47 Å². The van der Waals surface area contributed by atoms with Crippen LogP contribution in [0.15, 0.2) is 61.2 Å². The van der Waals surface area contributed by atoms with Crippen LogP contribution in [0.3, 0.4) is 0 Å². The molecule has 24 heavy (non-hydrogen) atoms. The lowest BCUT2D eigenvalue weighted by Gasteiger charge is -2.19. The molecule has 5 heteroatoms. The smallest absolute Gasteiger partial charge is 0.489 e. The summed E-state index contributed by atoms with van der Waals surface area (Å²) in [7, 11) is 1.38. The summed E-state index contributed by atoms with van der Waals surface area (Å²) in [6, 6.07) is 14.9. The Balaban J connectivity index is 2.83. The highest BCUT2D eigenvalue weighted by molar-refractivity contribution is 6.68. The third-order valence-corrected chi connectivity index (χ3v) is 3.75. The fourth-order valence-electron chi connectivity index (χ4n) is 2.72. The number of benzene rings is 2. The van der Waals surface area contributed by atoms with Crippen molar-refractivity contribution in [3.8, 4) is 11.5 Å². The molecule has 0 aliphatic heterocycles. The minimum atomic E-state index is -1.69. The van der Waals surface area contributed by atoms with Crippen LogP contribution in [0.2, 0.25) is 0 Å². The van der Waals surface area contributed by atoms with E-state index in [-0.39, 0.29) is 0 Å². The highest BCUT2D eigenvalue weighted by Gasteiger charge is 2.27. The Bertz CT molecular complexity index is 701. The van der Waals surface area contributed by atoms with Crippen molar-refractivity contribution in [2.45, 2.75) is 6.42 Å². The molecule has 0 atom stereocenters. The number of hydrogen-bond donors (Lipinski definition) is 2. The molecular formula is C19H21BO4. The predicted octanol–water partition coefficient (Wildman–Crippen LogP) is 3.20. The Hall–Kier alpha value is -2.50. The molecule has 0 aromatic heterocycles. The highest BCUT2D eigenvalue weighted by atomic mass is 16.5. The second kappa shape index (κ2) is 8.38. The van der Waals surface area contributed by atoms with Gasteiger partial charge in [0, 0.05) is 5.47 Å². The van der Waals surface area contributed by atoms with Crippen molar-refractivity contribution in [3.63, 3.8) is 0 Å². The monoisotopic (exact) mass is 324 g/mol. The van der Waals surface area contributed by atoms with Gasteiger partial charge in [-0.25, -0.2) is 0 Å². The van der Waals surface area contributed by atoms with Crippen LogP contribution in [-0.4, -0.2) is 31.4 Å². The second-order valence-corrected chi connectivity index (χ2v) is 5.16. The normalized spacial score (nSPS) is 11.5. The van der Waals surface area contributed by atoms with E-state index in [0.717, 1.165) is 11.1 Å². The largest absolute Gasteiger partial charge is 0.496 e. The molecule has 124 valence electrons. The Labute approximate surface area is 142 Å². The number of rotatable bonds is 7. The first-order chi connectivity index (χ1) is 11.6. The highest BCUT2D eigenvalue weighted by Crippen LogP contribution is 2.40. The Kier molecular flexibility index (Phi) is 6.24. The molecule has 0 saturated carbocycles. The van der Waals surface area contributed by atoms with Gasteiger partial charge in [0.2, 0.25) is 0 Å². The summed E-state index contributed by atoms with van der Waals surface area (Å²) in [4.78, 5) is 0. The Morgan fingerprint density at radius 2 is 1.58 bits per heavy atom. The van der Waals surface area contributed by atoms with Crippen LogP contribution in [-0.2, 0) is 0 Å². The van der Waals surface area contributed by atoms with Gasteiger partial charge in [-0.15, -0.1) is 6.58 Å². The molecule has 0 amide bonds.